The number of aliphatic hydroxyl groups is 2. The largest absolute Gasteiger partial charge is 0.387 e. The number of hydrogen-bond donors (Lipinski definition) is 2. The Morgan fingerprint density at radius 2 is 0.426 bits per heavy atom. The van der Waals surface area contributed by atoms with E-state index in [4.69, 9.17) is 18.1 Å². The van der Waals surface area contributed by atoms with Crippen LogP contribution in [0.1, 0.15) is 27.7 Å². The number of nitrogens with zero attached hydrogens (tertiary/aromatic N) is 6. The van der Waals surface area contributed by atoms with E-state index in [0.717, 1.165) is 55.4 Å². The van der Waals surface area contributed by atoms with Crippen LogP contribution in [0, 0.1) is 0 Å². The molecule has 10 heteroatoms. The predicted molar refractivity (Wildman–Crippen MR) is 580 cm³/mol. The third kappa shape index (κ3) is 15.2. The predicted octanol–water partition coefficient (Wildman–Crippen LogP) is 32.9. The molecule has 26 rings (SSSR count). The number of rotatable bonds is 14. The van der Waals surface area contributed by atoms with Gasteiger partial charge in [0.1, 0.15) is 7.85 Å². The maximum absolute atomic E-state index is 9.10. The Kier molecular flexibility index (Phi) is 21.4. The van der Waals surface area contributed by atoms with Crippen LogP contribution in [0.25, 0.3) is 187 Å². The van der Waals surface area contributed by atoms with Crippen LogP contribution in [0.15, 0.2) is 478 Å². The Morgan fingerprint density at radius 1 is 0.206 bits per heavy atom. The topological polar surface area (TPSA) is 65.6 Å². The molecule has 0 amide bonds. The van der Waals surface area contributed by atoms with Crippen LogP contribution in [0.3, 0.4) is 0 Å². The number of halogens is 1. The Bertz CT molecular complexity index is 8770. The molecule has 26 aromatic rings. The second-order valence-corrected chi connectivity index (χ2v) is 37.1. The molecule has 0 bridgehead atoms. The normalized spacial score (nSPS) is 11.8. The first-order valence-corrected chi connectivity index (χ1v) is 47.1. The molecule has 8 nitrogen and oxygen atoms in total. The Balaban J connectivity index is 0.000000122. The summed E-state index contributed by atoms with van der Waals surface area (Å²) in [6.07, 6.45) is 0. The summed E-state index contributed by atoms with van der Waals surface area (Å²) in [4.78, 5) is 4.62. The summed E-state index contributed by atoms with van der Waals surface area (Å²) in [7, 11) is 6.05. The SMILES string of the molecule is Brc1ccc2c(c1)c1cccc3c4ccccc4n2c31.CC(C)(O)C(C)(C)O.[B]c1ccc(N(c2ccc(-c3ccccc3)cc2)c2ccc(-c3ccc(-n4c5ccccc5c5ccccc54)cc3)cc2)cc1.c1ccc(-c2ccc(N(c3ccc(-c4ccc(-n5c6ccccc6c6ccccc65)cc4)cc3)c3ccc(-c4ccc5c(c4)c4cccc6c7ccccc7n5c64)cc3)cc2)cc1. The molecule has 0 unspecified atom stereocenters. The monoisotopic (exact) mass is 1810 g/mol. The number of aromatic nitrogens is 4. The van der Waals surface area contributed by atoms with Crippen molar-refractivity contribution in [2.75, 3.05) is 9.80 Å². The Labute approximate surface area is 798 Å². The number of hydrogen-bond acceptors (Lipinski definition) is 4. The van der Waals surface area contributed by atoms with Gasteiger partial charge in [-0.15, -0.1) is 0 Å². The average molecular weight is 1810 g/mol. The Morgan fingerprint density at radius 3 is 0.743 bits per heavy atom. The van der Waals surface area contributed by atoms with Crippen LogP contribution < -0.4 is 15.3 Å². The van der Waals surface area contributed by atoms with E-state index in [1.54, 1.807) is 27.7 Å². The number of benzene rings is 20. The van der Waals surface area contributed by atoms with Crippen molar-refractivity contribution < 1.29 is 10.2 Å². The fourth-order valence-electron chi connectivity index (χ4n) is 19.8. The van der Waals surface area contributed by atoms with Crippen molar-refractivity contribution in [3.63, 3.8) is 0 Å². The summed E-state index contributed by atoms with van der Waals surface area (Å²) in [6.45, 7) is 6.31. The molecule has 2 N–H and O–H groups in total. The van der Waals surface area contributed by atoms with Gasteiger partial charge >= 0.3 is 0 Å². The van der Waals surface area contributed by atoms with Gasteiger partial charge in [0.2, 0.25) is 0 Å². The second kappa shape index (κ2) is 34.7. The molecule has 2 radical (unpaired) electrons. The average Bonchev–Trinajstić information content (AvgIpc) is 1.55. The first-order valence-electron chi connectivity index (χ1n) is 46.3. The van der Waals surface area contributed by atoms with Crippen molar-refractivity contribution in [3.05, 3.63) is 478 Å². The lowest BCUT2D eigenvalue weighted by atomic mass is 9.90. The van der Waals surface area contributed by atoms with Gasteiger partial charge in [0.05, 0.1) is 66.4 Å². The number of fused-ring (bicyclic) bond motifs is 18. The summed E-state index contributed by atoms with van der Waals surface area (Å²) in [5, 5.41) is 33.8. The van der Waals surface area contributed by atoms with Gasteiger partial charge in [0.15, 0.2) is 0 Å². The fourth-order valence-corrected chi connectivity index (χ4v) is 20.2. The van der Waals surface area contributed by atoms with Crippen molar-refractivity contribution in [3.8, 4) is 67.0 Å². The van der Waals surface area contributed by atoms with Crippen LogP contribution >= 0.6 is 15.9 Å². The van der Waals surface area contributed by atoms with Crippen LogP contribution in [0.2, 0.25) is 0 Å². The van der Waals surface area contributed by atoms with Crippen molar-refractivity contribution in [2.45, 2.75) is 38.9 Å². The maximum Gasteiger partial charge on any atom is 0.113 e. The molecule has 0 fully saturated rings. The summed E-state index contributed by atoms with van der Waals surface area (Å²) in [6, 6.07) is 170. The Hall–Kier alpha value is -16.3. The minimum absolute atomic E-state index is 0.748. The molecule has 0 saturated carbocycles. The third-order valence-corrected chi connectivity index (χ3v) is 27.8. The highest BCUT2D eigenvalue weighted by molar-refractivity contribution is 9.10. The zero-order chi connectivity index (χ0) is 91.9. The van der Waals surface area contributed by atoms with Gasteiger partial charge in [0, 0.05) is 115 Å². The van der Waals surface area contributed by atoms with Crippen LogP contribution in [0.4, 0.5) is 34.1 Å². The van der Waals surface area contributed by atoms with Gasteiger partial charge < -0.3 is 37.9 Å². The van der Waals surface area contributed by atoms with Gasteiger partial charge in [-0.05, 0) is 247 Å². The van der Waals surface area contributed by atoms with E-state index in [-0.39, 0.29) is 0 Å². The van der Waals surface area contributed by atoms with Crippen molar-refractivity contribution in [1.82, 2.24) is 17.9 Å². The highest BCUT2D eigenvalue weighted by atomic mass is 79.9. The van der Waals surface area contributed by atoms with E-state index in [1.165, 1.54) is 175 Å². The van der Waals surface area contributed by atoms with Gasteiger partial charge in [0.25, 0.3) is 0 Å². The van der Waals surface area contributed by atoms with E-state index in [0.29, 0.717) is 0 Å². The smallest absolute Gasteiger partial charge is 0.113 e. The second-order valence-electron chi connectivity index (χ2n) is 36.2. The first kappa shape index (κ1) is 84.0. The molecule has 0 aliphatic rings. The quantitative estimate of drug-likeness (QED) is 0.107. The molecule has 648 valence electrons. The van der Waals surface area contributed by atoms with Gasteiger partial charge in [-0.25, -0.2) is 0 Å². The molecule has 0 atom stereocenters. The van der Waals surface area contributed by atoms with Crippen molar-refractivity contribution in [2.24, 2.45) is 0 Å². The number of para-hydroxylation sites is 8. The molecule has 136 heavy (non-hydrogen) atoms. The molecule has 0 aliphatic carbocycles. The minimum atomic E-state index is -1.01. The van der Waals surface area contributed by atoms with E-state index in [1.807, 2.05) is 18.2 Å². The van der Waals surface area contributed by atoms with Crippen LogP contribution in [-0.4, -0.2) is 47.2 Å². The van der Waals surface area contributed by atoms with Crippen molar-refractivity contribution >= 4 is 183 Å². The van der Waals surface area contributed by atoms with Crippen LogP contribution in [-0.2, 0) is 0 Å². The maximum atomic E-state index is 9.10. The first-order chi connectivity index (χ1) is 66.6. The lowest BCUT2D eigenvalue weighted by molar-refractivity contribution is -0.107. The van der Waals surface area contributed by atoms with E-state index in [9.17, 15) is 0 Å². The summed E-state index contributed by atoms with van der Waals surface area (Å²) in [5.74, 6) is 0. The summed E-state index contributed by atoms with van der Waals surface area (Å²) >= 11 is 3.59. The van der Waals surface area contributed by atoms with Crippen LogP contribution in [0.5, 0.6) is 0 Å². The molecular weight excluding hydrogens is 1720 g/mol. The number of anilines is 6. The zero-order valence-electron chi connectivity index (χ0n) is 75.6. The van der Waals surface area contributed by atoms with E-state index in [2.05, 4.69) is 499 Å². The van der Waals surface area contributed by atoms with Gasteiger partial charge in [-0.3, -0.25) is 0 Å². The third-order valence-electron chi connectivity index (χ3n) is 27.3. The molecule has 6 heterocycles. The molecular formula is C126H92BBrN6O2. The van der Waals surface area contributed by atoms with E-state index < -0.39 is 11.2 Å². The highest BCUT2D eigenvalue weighted by Crippen LogP contribution is 2.46. The minimum Gasteiger partial charge on any atom is -0.387 e. The lowest BCUT2D eigenvalue weighted by Crippen LogP contribution is -2.44. The standard InChI is InChI=1S/C60H39N3.C42H29BN2.C18H10BrN.C6H14O2/c1-2-11-40(12-3-1)41-21-30-46(31-22-41)61(47-32-23-42(24-33-47)43-25-36-49(37-26-43)62-56-18-7-4-13-50(56)51-14-5-8-19-57(51)62)48-34-27-44(28-35-48)45-29-38-59-55(39-45)54-17-10-16-53-52-15-6-9-20-58(52)63(59)60(53)54;43-34-20-28-37(29-21-34)44(35-22-14-31(15-23-35)30-8-2-1-3-9-30)36-24-16-32(17-25-36)33-18-26-38(27-19-33)45-41-12-6-4-10-39(41)40-11-5-7-13-42(40)45;19-11-8-9-17-15(10-11)14-6-3-5-13-12-4-1-2-7-16(12)20(17)18(13)14;1-5(2,7)6(3,4)8/h1-39H;1-29H;1-10H;7-8H,1-4H3. The highest BCUT2D eigenvalue weighted by Gasteiger charge is 2.32. The molecule has 0 spiro atoms. The molecule has 0 aliphatic heterocycles. The fraction of sp³-hybridized carbons (Fsp3) is 0.0476. The molecule has 20 aromatic carbocycles. The van der Waals surface area contributed by atoms with Gasteiger partial charge in [-0.1, -0.05) is 331 Å². The molecule has 0 saturated heterocycles. The zero-order valence-corrected chi connectivity index (χ0v) is 77.2. The van der Waals surface area contributed by atoms with Gasteiger partial charge in [-0.2, -0.15) is 0 Å². The van der Waals surface area contributed by atoms with Crippen molar-refractivity contribution in [1.29, 1.82) is 0 Å². The summed E-state index contributed by atoms with van der Waals surface area (Å²) in [5.41, 5.74) is 32.0. The van der Waals surface area contributed by atoms with E-state index >= 15 is 0 Å². The molecule has 6 aromatic heterocycles. The lowest BCUT2D eigenvalue weighted by Gasteiger charge is -2.31. The summed E-state index contributed by atoms with van der Waals surface area (Å²) < 4.78 is 10.7.